The minimum Gasteiger partial charge on any atom is -0.507 e. The topological polar surface area (TPSA) is 170 Å². The van der Waals surface area contributed by atoms with E-state index in [0.717, 1.165) is 12.1 Å². The maximum absolute atomic E-state index is 11.7. The van der Waals surface area contributed by atoms with Crippen LogP contribution in [0.5, 0.6) is 23.0 Å². The van der Waals surface area contributed by atoms with Crippen molar-refractivity contribution in [3.63, 3.8) is 0 Å². The van der Waals surface area contributed by atoms with E-state index in [1.165, 1.54) is 24.3 Å². The third-order valence-corrected chi connectivity index (χ3v) is 4.78. The lowest BCUT2D eigenvalue weighted by Crippen LogP contribution is -2.35. The molecule has 4 atom stereocenters. The van der Waals surface area contributed by atoms with Crippen molar-refractivity contribution in [1.82, 2.24) is 0 Å². The van der Waals surface area contributed by atoms with Crippen LogP contribution in [-0.4, -0.2) is 61.8 Å². The maximum Gasteiger partial charge on any atom is 0.229 e. The monoisotopic (exact) mass is 454 g/mol. The van der Waals surface area contributed by atoms with Crippen molar-refractivity contribution in [2.75, 3.05) is 6.61 Å². The Morgan fingerprint density at radius 1 is 0.935 bits per heavy atom. The first-order valence-electron chi connectivity index (χ1n) is 8.91. The van der Waals surface area contributed by atoms with Crippen LogP contribution in [0, 0.1) is 0 Å². The Kier molecular flexibility index (Phi) is 6.30. The van der Waals surface area contributed by atoms with Gasteiger partial charge in [0.05, 0.1) is 12.2 Å². The van der Waals surface area contributed by atoms with Gasteiger partial charge in [0.1, 0.15) is 29.8 Å². The van der Waals surface area contributed by atoms with Gasteiger partial charge in [-0.1, -0.05) is 0 Å². The summed E-state index contributed by atoms with van der Waals surface area (Å²) in [6.07, 6.45) is -5.33. The molecule has 10 nitrogen and oxygen atoms in total. The maximum atomic E-state index is 11.7. The first-order valence-corrected chi connectivity index (χ1v) is 8.91. The van der Waals surface area contributed by atoms with Crippen LogP contribution < -0.4 is 10.2 Å². The Bertz CT molecular complexity index is 1110. The van der Waals surface area contributed by atoms with E-state index in [1.54, 1.807) is 0 Å². The zero-order chi connectivity index (χ0) is 21.6. The van der Waals surface area contributed by atoms with Gasteiger partial charge < -0.3 is 44.5 Å². The fourth-order valence-electron chi connectivity index (χ4n) is 3.22. The summed E-state index contributed by atoms with van der Waals surface area (Å²) in [5.41, 5.74) is -0.131. The van der Waals surface area contributed by atoms with Crippen molar-refractivity contribution >= 4 is 12.4 Å². The molecule has 2 aliphatic heterocycles. The fourth-order valence-corrected chi connectivity index (χ4v) is 3.22. The SMILES string of the molecule is Cl.O=c1cc2oc(-c3ccc(O)c(O)c3)c(OC3OC(CO)C(O)C3O)cc-2c(O)c1. The molecule has 0 radical (unpaired) electrons. The normalized spacial score (nSPS) is 22.9. The summed E-state index contributed by atoms with van der Waals surface area (Å²) in [6.45, 7) is -0.550. The molecule has 3 aliphatic rings. The molecule has 11 heteroatoms. The van der Waals surface area contributed by atoms with Crippen LogP contribution in [0.2, 0.25) is 0 Å². The molecule has 1 aromatic carbocycles. The molecule has 2 heterocycles. The quantitative estimate of drug-likeness (QED) is 0.309. The molecule has 0 amide bonds. The van der Waals surface area contributed by atoms with Crippen molar-refractivity contribution in [1.29, 1.82) is 0 Å². The number of rotatable bonds is 4. The van der Waals surface area contributed by atoms with E-state index in [4.69, 9.17) is 13.9 Å². The van der Waals surface area contributed by atoms with Gasteiger partial charge in [-0.05, 0) is 24.3 Å². The number of aliphatic hydroxyl groups excluding tert-OH is 3. The van der Waals surface area contributed by atoms with Gasteiger partial charge in [0.2, 0.25) is 6.29 Å². The van der Waals surface area contributed by atoms with E-state index in [0.29, 0.717) is 0 Å². The molecule has 1 fully saturated rings. The van der Waals surface area contributed by atoms with Crippen LogP contribution in [0.15, 0.2) is 45.6 Å². The van der Waals surface area contributed by atoms with Gasteiger partial charge >= 0.3 is 0 Å². The Morgan fingerprint density at radius 2 is 1.68 bits per heavy atom. The predicted molar refractivity (Wildman–Crippen MR) is 108 cm³/mol. The fraction of sp³-hybridized carbons (Fsp3) is 0.250. The van der Waals surface area contributed by atoms with Crippen molar-refractivity contribution in [3.05, 3.63) is 46.6 Å². The van der Waals surface area contributed by atoms with Crippen LogP contribution in [0.1, 0.15) is 0 Å². The van der Waals surface area contributed by atoms with Gasteiger partial charge in [-0.15, -0.1) is 12.4 Å². The molecule has 4 rings (SSSR count). The third kappa shape index (κ3) is 4.11. The van der Waals surface area contributed by atoms with E-state index < -0.39 is 42.4 Å². The number of phenolic OH excluding ortho intramolecular Hbond substituents is 3. The van der Waals surface area contributed by atoms with E-state index in [-0.39, 0.29) is 52.3 Å². The Morgan fingerprint density at radius 3 is 2.32 bits per heavy atom. The molecule has 1 aromatic rings. The van der Waals surface area contributed by atoms with Gasteiger partial charge in [0, 0.05) is 17.7 Å². The number of fused-ring (bicyclic) bond motifs is 1. The largest absolute Gasteiger partial charge is 0.507 e. The first kappa shape index (κ1) is 22.7. The van der Waals surface area contributed by atoms with Crippen molar-refractivity contribution in [2.24, 2.45) is 0 Å². The minimum absolute atomic E-state index is 0. The van der Waals surface area contributed by atoms with Crippen molar-refractivity contribution in [2.45, 2.75) is 24.6 Å². The molecule has 166 valence electrons. The van der Waals surface area contributed by atoms with Crippen LogP contribution in [0.25, 0.3) is 22.6 Å². The Balaban J connectivity index is 0.00000272. The molecule has 31 heavy (non-hydrogen) atoms. The summed E-state index contributed by atoms with van der Waals surface area (Å²) in [6, 6.07) is 7.27. The van der Waals surface area contributed by atoms with Crippen LogP contribution >= 0.6 is 12.4 Å². The molecular weight excluding hydrogens is 436 g/mol. The molecule has 0 aromatic heterocycles. The highest BCUT2D eigenvalue weighted by Gasteiger charge is 2.44. The number of hydrogen-bond acceptors (Lipinski definition) is 10. The molecule has 6 N–H and O–H groups in total. The highest BCUT2D eigenvalue weighted by atomic mass is 35.5. The van der Waals surface area contributed by atoms with Gasteiger partial charge in [-0.25, -0.2) is 0 Å². The van der Waals surface area contributed by atoms with Crippen molar-refractivity contribution in [3.8, 4) is 45.6 Å². The number of hydrogen-bond donors (Lipinski definition) is 6. The Hall–Kier alpha value is -3.02. The smallest absolute Gasteiger partial charge is 0.229 e. The summed E-state index contributed by atoms with van der Waals surface area (Å²) in [4.78, 5) is 11.7. The molecule has 4 unspecified atom stereocenters. The molecule has 1 saturated heterocycles. The van der Waals surface area contributed by atoms with E-state index in [1.807, 2.05) is 0 Å². The van der Waals surface area contributed by atoms with E-state index >= 15 is 0 Å². The highest BCUT2D eigenvalue weighted by Crippen LogP contribution is 2.43. The zero-order valence-electron chi connectivity index (χ0n) is 15.7. The molecule has 1 aliphatic carbocycles. The standard InChI is InChI=1S/C20H18O10.ClH/c21-7-16-17(26)18(27)20(30-16)29-15-6-10-12(24)4-9(22)5-14(10)28-19(15)8-1-2-11(23)13(25)3-8;/h1-6,16-18,20-21,23-27H,7H2;1H. The predicted octanol–water partition coefficient (Wildman–Crippen LogP) is 0.768. The third-order valence-electron chi connectivity index (χ3n) is 4.78. The van der Waals surface area contributed by atoms with Crippen molar-refractivity contribution < 1.29 is 44.5 Å². The lowest BCUT2D eigenvalue weighted by molar-refractivity contribution is -0.116. The van der Waals surface area contributed by atoms with Gasteiger partial charge in [0.15, 0.2) is 28.4 Å². The number of benzene rings is 2. The molecular formula is C20H19ClO10. The number of halogens is 1. The molecule has 0 spiro atoms. The summed E-state index contributed by atoms with van der Waals surface area (Å²) in [7, 11) is 0. The molecule has 0 bridgehead atoms. The lowest BCUT2D eigenvalue weighted by atomic mass is 10.1. The van der Waals surface area contributed by atoms with Gasteiger partial charge in [-0.3, -0.25) is 4.79 Å². The average molecular weight is 455 g/mol. The number of aliphatic hydroxyl groups is 3. The zero-order valence-corrected chi connectivity index (χ0v) is 16.5. The average Bonchev–Trinajstić information content (AvgIpc) is 2.98. The van der Waals surface area contributed by atoms with E-state index in [2.05, 4.69) is 0 Å². The van der Waals surface area contributed by atoms with Gasteiger partial charge in [-0.2, -0.15) is 0 Å². The summed E-state index contributed by atoms with van der Waals surface area (Å²) >= 11 is 0. The van der Waals surface area contributed by atoms with Crippen LogP contribution in [0.3, 0.4) is 0 Å². The van der Waals surface area contributed by atoms with Crippen LogP contribution in [0.4, 0.5) is 0 Å². The minimum atomic E-state index is -1.49. The number of ether oxygens (including phenoxy) is 2. The second-order valence-corrected chi connectivity index (χ2v) is 6.82. The van der Waals surface area contributed by atoms with Gasteiger partial charge in [0.25, 0.3) is 0 Å². The second kappa shape index (κ2) is 8.61. The van der Waals surface area contributed by atoms with Crippen LogP contribution in [-0.2, 0) is 4.74 Å². The number of phenols is 3. The highest BCUT2D eigenvalue weighted by molar-refractivity contribution is 5.85. The summed E-state index contributed by atoms with van der Waals surface area (Å²) < 4.78 is 16.7. The summed E-state index contributed by atoms with van der Waals surface area (Å²) in [5.74, 6) is -1.23. The molecule has 0 saturated carbocycles. The first-order chi connectivity index (χ1) is 14.3. The second-order valence-electron chi connectivity index (χ2n) is 6.82. The lowest BCUT2D eigenvalue weighted by Gasteiger charge is -2.20. The van der Waals surface area contributed by atoms with E-state index in [9.17, 15) is 35.4 Å². The Labute approximate surface area is 180 Å². The number of aromatic hydroxyl groups is 3. The summed E-state index contributed by atoms with van der Waals surface area (Å²) in [5, 5.41) is 58.8.